The molecule has 1 saturated heterocycles. The highest BCUT2D eigenvalue weighted by Gasteiger charge is 2.29. The van der Waals surface area contributed by atoms with Crippen LogP contribution >= 0.6 is 0 Å². The second kappa shape index (κ2) is 10.3. The molecule has 1 amide bonds. The molecule has 1 aliphatic heterocycles. The lowest BCUT2D eigenvalue weighted by Gasteiger charge is -2.35. The second-order valence-electron chi connectivity index (χ2n) is 9.13. The quantitative estimate of drug-likeness (QED) is 0.419. The van der Waals surface area contributed by atoms with E-state index in [2.05, 4.69) is 31.3 Å². The van der Waals surface area contributed by atoms with Crippen LogP contribution in [0.15, 0.2) is 55.1 Å². The molecule has 186 valence electrons. The number of nitrogens with zero attached hydrogens (tertiary/aromatic N) is 7. The summed E-state index contributed by atoms with van der Waals surface area (Å²) in [5, 5.41) is 9.74. The summed E-state index contributed by atoms with van der Waals surface area (Å²) in [6.07, 6.45) is 9.03. The average molecular weight is 485 g/mol. The van der Waals surface area contributed by atoms with Crippen LogP contribution in [0.25, 0.3) is 22.0 Å². The van der Waals surface area contributed by atoms with E-state index in [1.54, 1.807) is 10.9 Å². The molecule has 9 heteroatoms. The van der Waals surface area contributed by atoms with Crippen LogP contribution in [0, 0.1) is 5.92 Å². The molecule has 1 fully saturated rings. The first-order valence-electron chi connectivity index (χ1n) is 12.6. The second-order valence-corrected chi connectivity index (χ2v) is 9.13. The van der Waals surface area contributed by atoms with Gasteiger partial charge in [0.25, 0.3) is 0 Å². The maximum Gasteiger partial charge on any atom is 0.225 e. The predicted octanol–water partition coefficient (Wildman–Crippen LogP) is 4.25. The fraction of sp³-hybridized carbons (Fsp3) is 0.370. The maximum atomic E-state index is 12.9. The van der Waals surface area contributed by atoms with Gasteiger partial charge in [0, 0.05) is 86.3 Å². The Hall–Kier alpha value is -4.01. The summed E-state index contributed by atoms with van der Waals surface area (Å²) >= 11 is 0. The van der Waals surface area contributed by atoms with Crippen molar-refractivity contribution in [2.75, 3.05) is 36.4 Å². The summed E-state index contributed by atoms with van der Waals surface area (Å²) in [5.74, 6) is 2.74. The van der Waals surface area contributed by atoms with E-state index in [9.17, 15) is 4.79 Å². The van der Waals surface area contributed by atoms with Gasteiger partial charge in [0.2, 0.25) is 5.91 Å². The lowest BCUT2D eigenvalue weighted by Crippen LogP contribution is -2.42. The van der Waals surface area contributed by atoms with E-state index < -0.39 is 0 Å². The molecule has 9 nitrogen and oxygen atoms in total. The first-order chi connectivity index (χ1) is 17.6. The first-order valence-corrected chi connectivity index (χ1v) is 12.6. The van der Waals surface area contributed by atoms with Crippen molar-refractivity contribution in [2.45, 2.75) is 26.7 Å². The van der Waals surface area contributed by atoms with E-state index in [-0.39, 0.29) is 11.8 Å². The molecule has 4 aromatic rings. The number of nitrogens with one attached hydrogen (secondary N) is 1. The fourth-order valence-corrected chi connectivity index (χ4v) is 4.87. The number of rotatable bonds is 7. The van der Waals surface area contributed by atoms with Crippen LogP contribution in [-0.2, 0) is 11.8 Å². The molecule has 5 heterocycles. The summed E-state index contributed by atoms with van der Waals surface area (Å²) in [4.78, 5) is 31.1. The summed E-state index contributed by atoms with van der Waals surface area (Å²) < 4.78 is 1.75. The molecule has 0 bridgehead atoms. The van der Waals surface area contributed by atoms with Crippen molar-refractivity contribution in [1.29, 1.82) is 0 Å². The number of aromatic nitrogens is 5. The van der Waals surface area contributed by atoms with Crippen LogP contribution < -0.4 is 10.2 Å². The third kappa shape index (κ3) is 4.86. The van der Waals surface area contributed by atoms with E-state index >= 15 is 0 Å². The van der Waals surface area contributed by atoms with Crippen molar-refractivity contribution in [3.8, 4) is 11.3 Å². The number of hydrogen-bond acceptors (Lipinski definition) is 7. The van der Waals surface area contributed by atoms with Gasteiger partial charge in [-0.15, -0.1) is 0 Å². The number of anilines is 3. The van der Waals surface area contributed by atoms with E-state index in [1.165, 1.54) is 0 Å². The zero-order valence-corrected chi connectivity index (χ0v) is 21.1. The number of pyridine rings is 3. The normalized spacial score (nSPS) is 14.2. The van der Waals surface area contributed by atoms with E-state index in [0.717, 1.165) is 72.7 Å². The van der Waals surface area contributed by atoms with E-state index in [4.69, 9.17) is 4.98 Å². The predicted molar refractivity (Wildman–Crippen MR) is 142 cm³/mol. The Bertz CT molecular complexity index is 1350. The standard InChI is InChI=1S/C27H32N8O/c1-4-34(5-2)27(36)19-8-14-35(15-9-19)26-22-7-11-28-18-21(22)16-23(30-26)20-6-12-29-25(17-20)31-24-10-13-33(3)32-24/h6-7,10-13,16-19H,4-5,8-9,14-15H2,1-3H3,(H,29,31,32). The zero-order chi connectivity index (χ0) is 25.1. The Morgan fingerprint density at radius 3 is 2.61 bits per heavy atom. The van der Waals surface area contributed by atoms with Crippen LogP contribution in [-0.4, -0.2) is 61.7 Å². The minimum absolute atomic E-state index is 0.0812. The monoisotopic (exact) mass is 484 g/mol. The summed E-state index contributed by atoms with van der Waals surface area (Å²) in [6, 6.07) is 9.95. The van der Waals surface area contributed by atoms with Crippen molar-refractivity contribution >= 4 is 34.1 Å². The SMILES string of the molecule is CCN(CC)C(=O)C1CCN(c2nc(-c3ccnc(Nc4ccn(C)n4)c3)cc3cnccc23)CC1. The third-order valence-corrected chi connectivity index (χ3v) is 6.86. The van der Waals surface area contributed by atoms with Gasteiger partial charge >= 0.3 is 0 Å². The van der Waals surface area contributed by atoms with Gasteiger partial charge in [-0.1, -0.05) is 0 Å². The van der Waals surface area contributed by atoms with Crippen LogP contribution in [0.2, 0.25) is 0 Å². The van der Waals surface area contributed by atoms with Gasteiger partial charge in [-0.25, -0.2) is 9.97 Å². The lowest BCUT2D eigenvalue weighted by molar-refractivity contribution is -0.135. The number of carbonyl (C=O) groups is 1. The maximum absolute atomic E-state index is 12.9. The minimum Gasteiger partial charge on any atom is -0.356 e. The largest absolute Gasteiger partial charge is 0.356 e. The molecule has 0 aromatic carbocycles. The number of piperidine rings is 1. The van der Waals surface area contributed by atoms with Gasteiger partial charge in [-0.05, 0) is 51.0 Å². The van der Waals surface area contributed by atoms with Crippen LogP contribution in [0.1, 0.15) is 26.7 Å². The fourth-order valence-electron chi connectivity index (χ4n) is 4.87. The molecule has 5 rings (SSSR count). The molecule has 36 heavy (non-hydrogen) atoms. The minimum atomic E-state index is 0.0812. The number of hydrogen-bond donors (Lipinski definition) is 1. The highest BCUT2D eigenvalue weighted by atomic mass is 16.2. The molecule has 0 radical (unpaired) electrons. The molecule has 0 saturated carbocycles. The van der Waals surface area contributed by atoms with Crippen molar-refractivity contribution in [3.63, 3.8) is 0 Å². The zero-order valence-electron chi connectivity index (χ0n) is 21.1. The van der Waals surface area contributed by atoms with Gasteiger partial charge in [-0.2, -0.15) is 5.10 Å². The van der Waals surface area contributed by atoms with Gasteiger partial charge < -0.3 is 15.1 Å². The molecule has 0 spiro atoms. The Morgan fingerprint density at radius 2 is 1.89 bits per heavy atom. The molecule has 4 aromatic heterocycles. The average Bonchev–Trinajstić information content (AvgIpc) is 3.33. The Balaban J connectivity index is 1.42. The number of aryl methyl sites for hydroxylation is 1. The molecule has 1 N–H and O–H groups in total. The highest BCUT2D eigenvalue weighted by molar-refractivity contribution is 5.94. The number of carbonyl (C=O) groups excluding carboxylic acids is 1. The Morgan fingerprint density at radius 1 is 1.08 bits per heavy atom. The molecule has 0 atom stereocenters. The van der Waals surface area contributed by atoms with Gasteiger partial charge in [0.1, 0.15) is 11.6 Å². The Labute approximate surface area is 211 Å². The smallest absolute Gasteiger partial charge is 0.225 e. The molecule has 0 unspecified atom stereocenters. The summed E-state index contributed by atoms with van der Waals surface area (Å²) in [6.45, 7) is 7.22. The van der Waals surface area contributed by atoms with E-state index in [1.807, 2.05) is 68.7 Å². The molecular formula is C27H32N8O. The van der Waals surface area contributed by atoms with Crippen LogP contribution in [0.4, 0.5) is 17.5 Å². The molecule has 0 aliphatic carbocycles. The third-order valence-electron chi connectivity index (χ3n) is 6.86. The first kappa shape index (κ1) is 23.7. The van der Waals surface area contributed by atoms with Crippen molar-refractivity contribution in [3.05, 3.63) is 55.1 Å². The topological polar surface area (TPSA) is 92.1 Å². The molecular weight excluding hydrogens is 452 g/mol. The molecule has 1 aliphatic rings. The van der Waals surface area contributed by atoms with Crippen LogP contribution in [0.3, 0.4) is 0 Å². The highest BCUT2D eigenvalue weighted by Crippen LogP contribution is 2.33. The lowest BCUT2D eigenvalue weighted by atomic mass is 9.95. The Kier molecular flexibility index (Phi) is 6.79. The number of fused-ring (bicyclic) bond motifs is 1. The van der Waals surface area contributed by atoms with Crippen molar-refractivity contribution in [1.82, 2.24) is 29.6 Å². The number of amides is 1. The summed E-state index contributed by atoms with van der Waals surface area (Å²) in [7, 11) is 1.88. The van der Waals surface area contributed by atoms with Gasteiger partial charge in [-0.3, -0.25) is 14.5 Å². The van der Waals surface area contributed by atoms with Crippen molar-refractivity contribution < 1.29 is 4.79 Å². The van der Waals surface area contributed by atoms with Gasteiger partial charge in [0.15, 0.2) is 5.82 Å². The van der Waals surface area contributed by atoms with Crippen LogP contribution in [0.5, 0.6) is 0 Å². The van der Waals surface area contributed by atoms with Crippen molar-refractivity contribution in [2.24, 2.45) is 13.0 Å². The van der Waals surface area contributed by atoms with Gasteiger partial charge in [0.05, 0.1) is 5.69 Å². The van der Waals surface area contributed by atoms with E-state index in [0.29, 0.717) is 5.82 Å². The summed E-state index contributed by atoms with van der Waals surface area (Å²) in [5.41, 5.74) is 1.82.